The lowest BCUT2D eigenvalue weighted by molar-refractivity contribution is -0.137. The van der Waals surface area contributed by atoms with Gasteiger partial charge in [0.2, 0.25) is 6.10 Å². The van der Waals surface area contributed by atoms with Crippen molar-refractivity contribution in [2.75, 3.05) is 11.9 Å². The highest BCUT2D eigenvalue weighted by atomic mass is 19.4. The van der Waals surface area contributed by atoms with Crippen LogP contribution in [-0.4, -0.2) is 28.8 Å². The first-order valence-corrected chi connectivity index (χ1v) is 8.31. The zero-order valence-corrected chi connectivity index (χ0v) is 14.3. The van der Waals surface area contributed by atoms with Gasteiger partial charge in [-0.05, 0) is 29.8 Å². The van der Waals surface area contributed by atoms with E-state index in [0.717, 1.165) is 6.07 Å². The molecule has 144 valence electrons. The molecule has 1 aliphatic heterocycles. The normalized spacial score (nSPS) is 15.9. The lowest BCUT2D eigenvalue weighted by atomic mass is 10.0. The van der Waals surface area contributed by atoms with Crippen molar-refractivity contribution in [3.8, 4) is 22.6 Å². The molecule has 0 radical (unpaired) electrons. The summed E-state index contributed by atoms with van der Waals surface area (Å²) < 4.78 is 51.6. The number of hydrogen-bond acceptors (Lipinski definition) is 4. The number of fused-ring (bicyclic) bond motifs is 1. The zero-order valence-electron chi connectivity index (χ0n) is 14.3. The van der Waals surface area contributed by atoms with Gasteiger partial charge in [-0.3, -0.25) is 9.89 Å². The van der Waals surface area contributed by atoms with Crippen LogP contribution >= 0.6 is 0 Å². The molecule has 2 aromatic carbocycles. The first-order chi connectivity index (χ1) is 13.4. The Labute approximate surface area is 157 Å². The van der Waals surface area contributed by atoms with E-state index in [1.54, 1.807) is 24.3 Å². The predicted octanol–water partition coefficient (Wildman–Crippen LogP) is 3.87. The van der Waals surface area contributed by atoms with Crippen LogP contribution in [0, 0.1) is 0 Å². The van der Waals surface area contributed by atoms with Crippen LogP contribution in [0.15, 0.2) is 54.9 Å². The van der Waals surface area contributed by atoms with Crippen molar-refractivity contribution >= 4 is 11.6 Å². The van der Waals surface area contributed by atoms with Crippen LogP contribution in [0.2, 0.25) is 0 Å². The number of alkyl halides is 3. The third-order valence-electron chi connectivity index (χ3n) is 4.22. The average molecular weight is 389 g/mol. The minimum Gasteiger partial charge on any atom is -0.485 e. The number of amides is 1. The monoisotopic (exact) mass is 389 g/mol. The fraction of sp³-hybridized carbons (Fsp3) is 0.158. The highest BCUT2D eigenvalue weighted by molar-refractivity contribution is 5.95. The molecule has 1 amide bonds. The second kappa shape index (κ2) is 6.91. The second-order valence-corrected chi connectivity index (χ2v) is 6.10. The van der Waals surface area contributed by atoms with E-state index in [9.17, 15) is 18.0 Å². The van der Waals surface area contributed by atoms with Gasteiger partial charge in [0.05, 0.1) is 17.4 Å². The van der Waals surface area contributed by atoms with Crippen molar-refractivity contribution in [3.63, 3.8) is 0 Å². The van der Waals surface area contributed by atoms with Gasteiger partial charge in [-0.1, -0.05) is 18.2 Å². The summed E-state index contributed by atoms with van der Waals surface area (Å²) in [6.07, 6.45) is -2.82. The van der Waals surface area contributed by atoms with E-state index < -0.39 is 23.8 Å². The first kappa shape index (κ1) is 17.9. The SMILES string of the molecule is O=C(Nc1ccc(-c2cn[nH]c2)cc1C(F)(F)F)C1COc2ccccc2O1. The van der Waals surface area contributed by atoms with Crippen LogP contribution in [0.3, 0.4) is 0 Å². The molecule has 1 aliphatic rings. The Morgan fingerprint density at radius 2 is 1.93 bits per heavy atom. The highest BCUT2D eigenvalue weighted by Gasteiger charge is 2.36. The highest BCUT2D eigenvalue weighted by Crippen LogP contribution is 2.38. The van der Waals surface area contributed by atoms with E-state index >= 15 is 0 Å². The standard InChI is InChI=1S/C19H14F3N3O3/c20-19(21,22)13-7-11(12-8-23-24-9-12)5-6-14(13)25-18(26)17-10-27-15-3-1-2-4-16(15)28-17/h1-9,17H,10H2,(H,23,24)(H,25,26). The lowest BCUT2D eigenvalue weighted by Gasteiger charge is -2.26. The predicted molar refractivity (Wildman–Crippen MR) is 94.0 cm³/mol. The van der Waals surface area contributed by atoms with Gasteiger partial charge < -0.3 is 14.8 Å². The van der Waals surface area contributed by atoms with Crippen molar-refractivity contribution in [1.29, 1.82) is 0 Å². The molecule has 9 heteroatoms. The Bertz CT molecular complexity index is 1000. The lowest BCUT2D eigenvalue weighted by Crippen LogP contribution is -2.40. The number of aromatic amines is 1. The zero-order chi connectivity index (χ0) is 19.7. The number of hydrogen-bond donors (Lipinski definition) is 2. The number of para-hydroxylation sites is 2. The maximum absolute atomic E-state index is 13.5. The Morgan fingerprint density at radius 1 is 1.14 bits per heavy atom. The van der Waals surface area contributed by atoms with Gasteiger partial charge in [0.25, 0.3) is 5.91 Å². The number of aromatic nitrogens is 2. The molecular formula is C19H14F3N3O3. The summed E-state index contributed by atoms with van der Waals surface area (Å²) in [6, 6.07) is 10.4. The Balaban J connectivity index is 1.58. The fourth-order valence-corrected chi connectivity index (χ4v) is 2.84. The minimum atomic E-state index is -4.65. The number of nitrogens with zero attached hydrogens (tertiary/aromatic N) is 1. The molecule has 3 aromatic rings. The number of benzene rings is 2. The Hall–Kier alpha value is -3.49. The van der Waals surface area contributed by atoms with Gasteiger partial charge in [0, 0.05) is 11.8 Å². The molecule has 0 bridgehead atoms. The molecule has 4 rings (SSSR count). The van der Waals surface area contributed by atoms with Gasteiger partial charge in [0.15, 0.2) is 11.5 Å². The molecule has 28 heavy (non-hydrogen) atoms. The summed E-state index contributed by atoms with van der Waals surface area (Å²) in [4.78, 5) is 12.5. The van der Waals surface area contributed by atoms with Crippen molar-refractivity contribution in [1.82, 2.24) is 10.2 Å². The van der Waals surface area contributed by atoms with E-state index in [1.165, 1.54) is 24.5 Å². The van der Waals surface area contributed by atoms with Crippen LogP contribution in [0.25, 0.3) is 11.1 Å². The molecular weight excluding hydrogens is 375 g/mol. The average Bonchev–Trinajstić information content (AvgIpc) is 3.22. The van der Waals surface area contributed by atoms with Gasteiger partial charge in [-0.25, -0.2) is 0 Å². The molecule has 2 heterocycles. The summed E-state index contributed by atoms with van der Waals surface area (Å²) >= 11 is 0. The van der Waals surface area contributed by atoms with Crippen LogP contribution in [0.5, 0.6) is 11.5 Å². The number of anilines is 1. The third-order valence-corrected chi connectivity index (χ3v) is 4.22. The van der Waals surface area contributed by atoms with Crippen LogP contribution in [0.1, 0.15) is 5.56 Å². The van der Waals surface area contributed by atoms with Crippen molar-refractivity contribution in [2.45, 2.75) is 12.3 Å². The summed E-state index contributed by atoms with van der Waals surface area (Å²) in [5.41, 5.74) is -0.488. The Morgan fingerprint density at radius 3 is 2.64 bits per heavy atom. The van der Waals surface area contributed by atoms with E-state index in [-0.39, 0.29) is 12.3 Å². The number of rotatable bonds is 3. The molecule has 0 spiro atoms. The van der Waals surface area contributed by atoms with E-state index in [0.29, 0.717) is 22.6 Å². The number of carbonyl (C=O) groups excluding carboxylic acids is 1. The molecule has 0 aliphatic carbocycles. The summed E-state index contributed by atoms with van der Waals surface area (Å²) in [5.74, 6) is 0.114. The molecule has 6 nitrogen and oxygen atoms in total. The van der Waals surface area contributed by atoms with Crippen molar-refractivity contribution in [2.24, 2.45) is 0 Å². The maximum atomic E-state index is 13.5. The van der Waals surface area contributed by atoms with E-state index in [4.69, 9.17) is 9.47 Å². The first-order valence-electron chi connectivity index (χ1n) is 8.31. The summed E-state index contributed by atoms with van der Waals surface area (Å²) in [6.45, 7) is -0.0999. The number of carbonyl (C=O) groups is 1. The minimum absolute atomic E-state index is 0.0999. The van der Waals surface area contributed by atoms with Crippen molar-refractivity contribution < 1.29 is 27.4 Å². The third kappa shape index (κ3) is 3.51. The fourth-order valence-electron chi connectivity index (χ4n) is 2.84. The van der Waals surface area contributed by atoms with Gasteiger partial charge in [-0.15, -0.1) is 0 Å². The van der Waals surface area contributed by atoms with E-state index in [1.807, 2.05) is 0 Å². The number of halogens is 3. The smallest absolute Gasteiger partial charge is 0.418 e. The van der Waals surface area contributed by atoms with Crippen molar-refractivity contribution in [3.05, 3.63) is 60.4 Å². The van der Waals surface area contributed by atoms with Gasteiger partial charge in [0.1, 0.15) is 6.61 Å². The largest absolute Gasteiger partial charge is 0.485 e. The number of H-pyrrole nitrogens is 1. The molecule has 0 fully saturated rings. The number of ether oxygens (including phenoxy) is 2. The van der Waals surface area contributed by atoms with Gasteiger partial charge in [-0.2, -0.15) is 18.3 Å². The van der Waals surface area contributed by atoms with Gasteiger partial charge >= 0.3 is 6.18 Å². The molecule has 2 N–H and O–H groups in total. The summed E-state index contributed by atoms with van der Waals surface area (Å²) in [7, 11) is 0. The van der Waals surface area contributed by atoms with Crippen LogP contribution < -0.4 is 14.8 Å². The Kier molecular flexibility index (Phi) is 4.42. The quantitative estimate of drug-likeness (QED) is 0.713. The molecule has 1 unspecified atom stereocenters. The molecule has 0 saturated carbocycles. The van der Waals surface area contributed by atoms with Crippen LogP contribution in [0.4, 0.5) is 18.9 Å². The van der Waals surface area contributed by atoms with Crippen LogP contribution in [-0.2, 0) is 11.0 Å². The maximum Gasteiger partial charge on any atom is 0.418 e. The molecule has 0 saturated heterocycles. The topological polar surface area (TPSA) is 76.2 Å². The summed E-state index contributed by atoms with van der Waals surface area (Å²) in [5, 5.41) is 8.59. The molecule has 1 atom stereocenters. The molecule has 1 aromatic heterocycles. The second-order valence-electron chi connectivity index (χ2n) is 6.10. The van der Waals surface area contributed by atoms with E-state index in [2.05, 4.69) is 15.5 Å². The number of nitrogens with one attached hydrogen (secondary N) is 2.